The Labute approximate surface area is 116 Å². The van der Waals surface area contributed by atoms with E-state index in [0.29, 0.717) is 36.3 Å². The first-order valence-corrected chi connectivity index (χ1v) is 6.50. The van der Waals surface area contributed by atoms with Gasteiger partial charge in [-0.3, -0.25) is 4.79 Å². The molecule has 0 saturated carbocycles. The highest BCUT2D eigenvalue weighted by molar-refractivity contribution is 6.32. The van der Waals surface area contributed by atoms with E-state index in [9.17, 15) is 4.79 Å². The van der Waals surface area contributed by atoms with Crippen LogP contribution >= 0.6 is 11.6 Å². The molecule has 0 bridgehead atoms. The number of benzene rings is 1. The maximum Gasteiger partial charge on any atom is 0.307 e. The van der Waals surface area contributed by atoms with Crippen molar-refractivity contribution in [2.45, 2.75) is 19.4 Å². The number of carbonyl (C=O) groups excluding carboxylic acids is 1. The second-order valence-corrected chi connectivity index (χ2v) is 4.55. The first-order chi connectivity index (χ1) is 9.11. The van der Waals surface area contributed by atoms with Gasteiger partial charge >= 0.3 is 5.97 Å². The molecule has 0 spiro atoms. The van der Waals surface area contributed by atoms with Crippen LogP contribution in [0.25, 0.3) is 0 Å². The summed E-state index contributed by atoms with van der Waals surface area (Å²) in [6.07, 6.45) is 0.101. The lowest BCUT2D eigenvalue weighted by Crippen LogP contribution is -2.19. The zero-order chi connectivity index (χ0) is 13.8. The molecule has 0 aromatic heterocycles. The quantitative estimate of drug-likeness (QED) is 0.858. The Bertz CT molecular complexity index is 478. The van der Waals surface area contributed by atoms with Crippen molar-refractivity contribution in [3.8, 4) is 11.5 Å². The van der Waals surface area contributed by atoms with Gasteiger partial charge < -0.3 is 19.9 Å². The topological polar surface area (TPSA) is 70.8 Å². The molecule has 0 saturated heterocycles. The Kier molecular flexibility index (Phi) is 4.50. The van der Waals surface area contributed by atoms with Crippen LogP contribution in [0.15, 0.2) is 12.1 Å². The molecule has 1 unspecified atom stereocenters. The van der Waals surface area contributed by atoms with Crippen LogP contribution in [-0.2, 0) is 9.53 Å². The minimum atomic E-state index is -0.479. The van der Waals surface area contributed by atoms with Gasteiger partial charge in [0.2, 0.25) is 0 Å². The standard InChI is InChI=1S/C13H16ClNO4/c1-2-17-12(16)7-10(15)8-5-9(14)13-11(6-8)18-3-4-19-13/h5-6,10H,2-4,7,15H2,1H3. The average Bonchev–Trinajstić information content (AvgIpc) is 2.39. The Hall–Kier alpha value is -1.46. The van der Waals surface area contributed by atoms with E-state index in [2.05, 4.69) is 0 Å². The van der Waals surface area contributed by atoms with Gasteiger partial charge in [-0.15, -0.1) is 0 Å². The summed E-state index contributed by atoms with van der Waals surface area (Å²) < 4.78 is 15.8. The lowest BCUT2D eigenvalue weighted by molar-refractivity contribution is -0.143. The number of hydrogen-bond acceptors (Lipinski definition) is 5. The molecule has 1 aromatic rings. The molecule has 0 aliphatic carbocycles. The fourth-order valence-corrected chi connectivity index (χ4v) is 2.14. The van der Waals surface area contributed by atoms with Crippen LogP contribution < -0.4 is 15.2 Å². The van der Waals surface area contributed by atoms with E-state index in [1.807, 2.05) is 0 Å². The highest BCUT2D eigenvalue weighted by Gasteiger charge is 2.20. The molecule has 2 rings (SSSR count). The van der Waals surface area contributed by atoms with E-state index in [1.165, 1.54) is 0 Å². The molecule has 2 N–H and O–H groups in total. The molecule has 0 amide bonds. The number of hydrogen-bond donors (Lipinski definition) is 1. The Balaban J connectivity index is 2.16. The third-order valence-electron chi connectivity index (χ3n) is 2.74. The largest absolute Gasteiger partial charge is 0.486 e. The molecule has 1 aliphatic rings. The Morgan fingerprint density at radius 2 is 2.21 bits per heavy atom. The number of ether oxygens (including phenoxy) is 3. The maximum absolute atomic E-state index is 11.4. The predicted octanol–water partition coefficient (Wildman–Crippen LogP) is 2.06. The molecule has 5 nitrogen and oxygen atoms in total. The van der Waals surface area contributed by atoms with E-state index in [-0.39, 0.29) is 12.4 Å². The van der Waals surface area contributed by atoms with Gasteiger partial charge in [0, 0.05) is 6.04 Å². The number of rotatable bonds is 4. The van der Waals surface area contributed by atoms with E-state index >= 15 is 0 Å². The van der Waals surface area contributed by atoms with E-state index in [1.54, 1.807) is 19.1 Å². The molecule has 1 atom stereocenters. The van der Waals surface area contributed by atoms with E-state index < -0.39 is 6.04 Å². The molecular formula is C13H16ClNO4. The summed E-state index contributed by atoms with van der Waals surface area (Å²) in [5, 5.41) is 0.437. The van der Waals surface area contributed by atoms with Crippen molar-refractivity contribution in [3.63, 3.8) is 0 Å². The number of carbonyl (C=O) groups is 1. The smallest absolute Gasteiger partial charge is 0.307 e. The summed E-state index contributed by atoms with van der Waals surface area (Å²) in [4.78, 5) is 11.4. The van der Waals surface area contributed by atoms with Crippen LogP contribution in [0.4, 0.5) is 0 Å². The third kappa shape index (κ3) is 3.30. The van der Waals surface area contributed by atoms with Gasteiger partial charge in [0.1, 0.15) is 13.2 Å². The molecular weight excluding hydrogens is 270 g/mol. The number of nitrogens with two attached hydrogens (primary N) is 1. The third-order valence-corrected chi connectivity index (χ3v) is 3.02. The van der Waals surface area contributed by atoms with Crippen molar-refractivity contribution in [3.05, 3.63) is 22.7 Å². The van der Waals surface area contributed by atoms with Crippen LogP contribution in [0.5, 0.6) is 11.5 Å². The minimum Gasteiger partial charge on any atom is -0.486 e. The van der Waals surface area contributed by atoms with Crippen molar-refractivity contribution < 1.29 is 19.0 Å². The highest BCUT2D eigenvalue weighted by atomic mass is 35.5. The van der Waals surface area contributed by atoms with Gasteiger partial charge in [0.25, 0.3) is 0 Å². The van der Waals surface area contributed by atoms with Gasteiger partial charge in [-0.2, -0.15) is 0 Å². The Morgan fingerprint density at radius 1 is 1.47 bits per heavy atom. The lowest BCUT2D eigenvalue weighted by Gasteiger charge is -2.21. The SMILES string of the molecule is CCOC(=O)CC(N)c1cc(Cl)c2c(c1)OCCO2. The van der Waals surface area contributed by atoms with Gasteiger partial charge in [-0.25, -0.2) is 0 Å². The predicted molar refractivity (Wildman–Crippen MR) is 70.6 cm³/mol. The van der Waals surface area contributed by atoms with Gasteiger partial charge in [-0.05, 0) is 24.6 Å². The average molecular weight is 286 g/mol. The zero-order valence-corrected chi connectivity index (χ0v) is 11.4. The fourth-order valence-electron chi connectivity index (χ4n) is 1.86. The summed E-state index contributed by atoms with van der Waals surface area (Å²) in [7, 11) is 0. The van der Waals surface area contributed by atoms with Crippen molar-refractivity contribution in [1.29, 1.82) is 0 Å². The van der Waals surface area contributed by atoms with Gasteiger partial charge in [0.05, 0.1) is 18.1 Å². The minimum absolute atomic E-state index is 0.101. The second-order valence-electron chi connectivity index (χ2n) is 4.14. The van der Waals surface area contributed by atoms with Gasteiger partial charge in [-0.1, -0.05) is 11.6 Å². The molecule has 1 heterocycles. The number of halogens is 1. The van der Waals surface area contributed by atoms with Crippen molar-refractivity contribution in [1.82, 2.24) is 0 Å². The molecule has 19 heavy (non-hydrogen) atoms. The first kappa shape index (κ1) is 14.0. The number of fused-ring (bicyclic) bond motifs is 1. The van der Waals surface area contributed by atoms with Crippen LogP contribution in [0.1, 0.15) is 24.9 Å². The van der Waals surface area contributed by atoms with Crippen LogP contribution in [-0.4, -0.2) is 25.8 Å². The Morgan fingerprint density at radius 3 is 2.95 bits per heavy atom. The van der Waals surface area contributed by atoms with Crippen molar-refractivity contribution >= 4 is 17.6 Å². The van der Waals surface area contributed by atoms with Crippen molar-refractivity contribution in [2.24, 2.45) is 5.73 Å². The molecule has 6 heteroatoms. The molecule has 104 valence electrons. The first-order valence-electron chi connectivity index (χ1n) is 6.12. The van der Waals surface area contributed by atoms with Crippen LogP contribution in [0, 0.1) is 0 Å². The monoisotopic (exact) mass is 285 g/mol. The molecule has 0 radical (unpaired) electrons. The fraction of sp³-hybridized carbons (Fsp3) is 0.462. The molecule has 0 fully saturated rings. The summed E-state index contributed by atoms with van der Waals surface area (Å²) in [6.45, 7) is 3.04. The summed E-state index contributed by atoms with van der Waals surface area (Å²) in [5.74, 6) is 0.758. The van der Waals surface area contributed by atoms with Crippen molar-refractivity contribution in [2.75, 3.05) is 19.8 Å². The summed E-state index contributed by atoms with van der Waals surface area (Å²) in [5.41, 5.74) is 6.70. The van der Waals surface area contributed by atoms with Crippen LogP contribution in [0.2, 0.25) is 5.02 Å². The molecule has 1 aliphatic heterocycles. The highest BCUT2D eigenvalue weighted by Crippen LogP contribution is 2.39. The summed E-state index contributed by atoms with van der Waals surface area (Å²) in [6, 6.07) is 2.97. The summed E-state index contributed by atoms with van der Waals surface area (Å²) >= 11 is 6.11. The maximum atomic E-state index is 11.4. The van der Waals surface area contributed by atoms with E-state index in [0.717, 1.165) is 5.56 Å². The van der Waals surface area contributed by atoms with E-state index in [4.69, 9.17) is 31.5 Å². The molecule has 1 aromatic carbocycles. The van der Waals surface area contributed by atoms with Crippen LogP contribution in [0.3, 0.4) is 0 Å². The lowest BCUT2D eigenvalue weighted by atomic mass is 10.0. The number of esters is 1. The second kappa shape index (κ2) is 6.12. The van der Waals surface area contributed by atoms with Gasteiger partial charge in [0.15, 0.2) is 11.5 Å². The zero-order valence-electron chi connectivity index (χ0n) is 10.6. The normalized spacial score (nSPS) is 14.9.